The van der Waals surface area contributed by atoms with E-state index < -0.39 is 5.60 Å². The molecule has 0 aromatic carbocycles. The zero-order valence-electron chi connectivity index (χ0n) is 11.4. The SMILES string of the molecule is CC1(C)OB([C@H]2CC[C@@](C)(CO)O2)OC1(C)C. The lowest BCUT2D eigenvalue weighted by molar-refractivity contribution is -0.0468. The minimum absolute atomic E-state index is 0.0446. The molecule has 2 rings (SSSR count). The van der Waals surface area contributed by atoms with E-state index in [4.69, 9.17) is 14.0 Å². The largest absolute Gasteiger partial charge is 0.488 e. The van der Waals surface area contributed by atoms with Gasteiger partial charge in [-0.3, -0.25) is 0 Å². The molecule has 0 saturated carbocycles. The van der Waals surface area contributed by atoms with E-state index in [1.54, 1.807) is 0 Å². The van der Waals surface area contributed by atoms with Gasteiger partial charge in [-0.2, -0.15) is 0 Å². The lowest BCUT2D eigenvalue weighted by Crippen LogP contribution is -2.41. The van der Waals surface area contributed by atoms with E-state index in [2.05, 4.69) is 0 Å². The molecular formula is C12H23BO4. The van der Waals surface area contributed by atoms with Gasteiger partial charge in [-0.05, 0) is 47.5 Å². The third-order valence-corrected chi connectivity index (χ3v) is 4.30. The molecule has 2 fully saturated rings. The minimum atomic E-state index is -0.436. The normalized spacial score (nSPS) is 39.9. The molecule has 0 unspecified atom stereocenters. The van der Waals surface area contributed by atoms with E-state index in [0.717, 1.165) is 12.8 Å². The summed E-state index contributed by atoms with van der Waals surface area (Å²) in [4.78, 5) is 0. The van der Waals surface area contributed by atoms with Crippen LogP contribution < -0.4 is 0 Å². The van der Waals surface area contributed by atoms with Gasteiger partial charge >= 0.3 is 7.12 Å². The fraction of sp³-hybridized carbons (Fsp3) is 1.00. The highest BCUT2D eigenvalue weighted by Crippen LogP contribution is 2.41. The summed E-state index contributed by atoms with van der Waals surface area (Å²) in [7, 11) is -0.326. The molecule has 0 radical (unpaired) electrons. The first-order chi connectivity index (χ1) is 7.69. The van der Waals surface area contributed by atoms with Crippen molar-refractivity contribution < 1.29 is 19.2 Å². The van der Waals surface area contributed by atoms with Gasteiger partial charge in [0.1, 0.15) is 0 Å². The molecular weight excluding hydrogens is 219 g/mol. The quantitative estimate of drug-likeness (QED) is 0.746. The second kappa shape index (κ2) is 3.95. The predicted octanol–water partition coefficient (Wildman–Crippen LogP) is 1.55. The van der Waals surface area contributed by atoms with Crippen LogP contribution in [0.25, 0.3) is 0 Å². The van der Waals surface area contributed by atoms with Crippen LogP contribution in [0.4, 0.5) is 0 Å². The summed E-state index contributed by atoms with van der Waals surface area (Å²) in [6.07, 6.45) is 1.71. The van der Waals surface area contributed by atoms with Gasteiger partial charge in [0.05, 0.1) is 29.4 Å². The second-order valence-corrected chi connectivity index (χ2v) is 6.43. The second-order valence-electron chi connectivity index (χ2n) is 6.43. The average Bonchev–Trinajstić information content (AvgIpc) is 2.68. The van der Waals surface area contributed by atoms with Crippen molar-refractivity contribution in [1.82, 2.24) is 0 Å². The summed E-state index contributed by atoms with van der Waals surface area (Å²) in [5.41, 5.74) is -1.08. The van der Waals surface area contributed by atoms with Crippen molar-refractivity contribution in [2.75, 3.05) is 6.61 Å². The summed E-state index contributed by atoms with van der Waals surface area (Å²) in [5.74, 6) is 0. The summed E-state index contributed by atoms with van der Waals surface area (Å²) in [6.45, 7) is 10.1. The third kappa shape index (κ3) is 2.26. The van der Waals surface area contributed by atoms with Crippen LogP contribution in [-0.4, -0.2) is 41.6 Å². The van der Waals surface area contributed by atoms with Crippen LogP contribution in [-0.2, 0) is 14.0 Å². The topological polar surface area (TPSA) is 47.9 Å². The number of hydrogen-bond acceptors (Lipinski definition) is 4. The average molecular weight is 242 g/mol. The van der Waals surface area contributed by atoms with Crippen molar-refractivity contribution in [3.05, 3.63) is 0 Å². The molecule has 0 aromatic rings. The molecule has 0 aliphatic carbocycles. The molecule has 1 N–H and O–H groups in total. The Morgan fingerprint density at radius 3 is 2.06 bits per heavy atom. The van der Waals surface area contributed by atoms with Crippen LogP contribution in [0.5, 0.6) is 0 Å². The first-order valence-corrected chi connectivity index (χ1v) is 6.33. The molecule has 0 amide bonds. The Morgan fingerprint density at radius 1 is 1.12 bits per heavy atom. The number of rotatable bonds is 2. The summed E-state index contributed by atoms with van der Waals surface area (Å²) in [6, 6.07) is -0.0757. The zero-order valence-corrected chi connectivity index (χ0v) is 11.4. The van der Waals surface area contributed by atoms with Gasteiger partial charge in [0, 0.05) is 0 Å². The molecule has 4 nitrogen and oxygen atoms in total. The highest BCUT2D eigenvalue weighted by Gasteiger charge is 2.56. The standard InChI is InChI=1S/C12H23BO4/c1-10(2)11(3,4)17-13(16-10)9-6-7-12(5,8-14)15-9/h9,14H,6-8H2,1-5H3/t9-,12+/m1/s1. The maximum atomic E-state index is 9.28. The molecule has 2 aliphatic rings. The van der Waals surface area contributed by atoms with Crippen LogP contribution in [0.3, 0.4) is 0 Å². The number of aliphatic hydroxyl groups is 1. The maximum absolute atomic E-state index is 9.28. The van der Waals surface area contributed by atoms with E-state index >= 15 is 0 Å². The summed E-state index contributed by atoms with van der Waals surface area (Å²) < 4.78 is 17.8. The fourth-order valence-corrected chi connectivity index (χ4v) is 2.28. The van der Waals surface area contributed by atoms with Crippen molar-refractivity contribution in [2.45, 2.75) is 70.3 Å². The van der Waals surface area contributed by atoms with Crippen molar-refractivity contribution in [1.29, 1.82) is 0 Å². The fourth-order valence-electron chi connectivity index (χ4n) is 2.28. The highest BCUT2D eigenvalue weighted by atomic mass is 16.7. The molecule has 2 saturated heterocycles. The van der Waals surface area contributed by atoms with Crippen molar-refractivity contribution in [3.63, 3.8) is 0 Å². The molecule has 0 aromatic heterocycles. The number of aliphatic hydroxyl groups excluding tert-OH is 1. The van der Waals surface area contributed by atoms with Crippen LogP contribution in [0.15, 0.2) is 0 Å². The smallest absolute Gasteiger partial charge is 0.402 e. The van der Waals surface area contributed by atoms with Crippen LogP contribution in [0.1, 0.15) is 47.5 Å². The summed E-state index contributed by atoms with van der Waals surface area (Å²) in [5, 5.41) is 9.28. The zero-order chi connectivity index (χ0) is 12.9. The number of hydrogen-bond donors (Lipinski definition) is 1. The van der Waals surface area contributed by atoms with Crippen LogP contribution >= 0.6 is 0 Å². The Kier molecular flexibility index (Phi) is 3.10. The molecule has 98 valence electrons. The Balaban J connectivity index is 2.03. The predicted molar refractivity (Wildman–Crippen MR) is 65.7 cm³/mol. The van der Waals surface area contributed by atoms with Gasteiger partial charge < -0.3 is 19.2 Å². The molecule has 0 spiro atoms. The molecule has 2 aliphatic heterocycles. The van der Waals surface area contributed by atoms with Gasteiger partial charge in [0.2, 0.25) is 0 Å². The van der Waals surface area contributed by atoms with Crippen LogP contribution in [0, 0.1) is 0 Å². The van der Waals surface area contributed by atoms with E-state index in [-0.39, 0.29) is 30.9 Å². The van der Waals surface area contributed by atoms with Gasteiger partial charge in [0.25, 0.3) is 0 Å². The Labute approximate surface area is 104 Å². The lowest BCUT2D eigenvalue weighted by Gasteiger charge is -2.32. The molecule has 5 heteroatoms. The van der Waals surface area contributed by atoms with E-state index in [1.165, 1.54) is 0 Å². The van der Waals surface area contributed by atoms with E-state index in [0.29, 0.717) is 0 Å². The van der Waals surface area contributed by atoms with Gasteiger partial charge in [-0.1, -0.05) is 0 Å². The van der Waals surface area contributed by atoms with Crippen molar-refractivity contribution in [3.8, 4) is 0 Å². The Hall–Kier alpha value is -0.0951. The van der Waals surface area contributed by atoms with Gasteiger partial charge in [0.15, 0.2) is 0 Å². The van der Waals surface area contributed by atoms with E-state index in [1.807, 2.05) is 34.6 Å². The number of ether oxygens (including phenoxy) is 1. The monoisotopic (exact) mass is 242 g/mol. The first-order valence-electron chi connectivity index (χ1n) is 6.33. The lowest BCUT2D eigenvalue weighted by atomic mass is 9.79. The van der Waals surface area contributed by atoms with Gasteiger partial charge in [-0.15, -0.1) is 0 Å². The molecule has 2 atom stereocenters. The van der Waals surface area contributed by atoms with E-state index in [9.17, 15) is 5.11 Å². The van der Waals surface area contributed by atoms with Crippen molar-refractivity contribution in [2.24, 2.45) is 0 Å². The first kappa shape index (κ1) is 13.3. The Bertz CT molecular complexity index is 289. The summed E-state index contributed by atoms with van der Waals surface area (Å²) >= 11 is 0. The van der Waals surface area contributed by atoms with Crippen LogP contribution in [0.2, 0.25) is 0 Å². The molecule has 17 heavy (non-hydrogen) atoms. The third-order valence-electron chi connectivity index (χ3n) is 4.30. The minimum Gasteiger partial charge on any atom is -0.402 e. The highest BCUT2D eigenvalue weighted by molar-refractivity contribution is 6.47. The van der Waals surface area contributed by atoms with Gasteiger partial charge in [-0.25, -0.2) is 0 Å². The molecule has 0 bridgehead atoms. The maximum Gasteiger partial charge on any atom is 0.488 e. The Morgan fingerprint density at radius 2 is 1.65 bits per heavy atom. The van der Waals surface area contributed by atoms with Crippen molar-refractivity contribution >= 4 is 7.12 Å². The molecule has 2 heterocycles.